The summed E-state index contributed by atoms with van der Waals surface area (Å²) in [6.07, 6.45) is 2.57. The van der Waals surface area contributed by atoms with Gasteiger partial charge >= 0.3 is 0 Å². The van der Waals surface area contributed by atoms with E-state index in [1.54, 1.807) is 44.3 Å². The first-order valence-corrected chi connectivity index (χ1v) is 5.39. The van der Waals surface area contributed by atoms with Crippen LogP contribution in [0.25, 0.3) is 6.08 Å². The Morgan fingerprint density at radius 2 is 2.00 bits per heavy atom. The molecule has 4 heteroatoms. The van der Waals surface area contributed by atoms with Crippen molar-refractivity contribution in [2.75, 3.05) is 13.6 Å². The fourth-order valence-electron chi connectivity index (χ4n) is 1.37. The smallest absolute Gasteiger partial charge is 0.246 e. The minimum Gasteiger partial charge on any atom is -0.508 e. The molecule has 0 bridgehead atoms. The second-order valence-electron chi connectivity index (χ2n) is 3.99. The summed E-state index contributed by atoms with van der Waals surface area (Å²) >= 11 is 0. The number of likely N-dealkylation sites (N-methyl/N-ethyl adjacent to an activating group) is 1. The molecule has 0 fully saturated rings. The van der Waals surface area contributed by atoms with Gasteiger partial charge in [0, 0.05) is 19.7 Å². The van der Waals surface area contributed by atoms with Gasteiger partial charge in [0.25, 0.3) is 0 Å². The number of phenols is 1. The van der Waals surface area contributed by atoms with E-state index < -0.39 is 6.10 Å². The van der Waals surface area contributed by atoms with Crippen LogP contribution in [-0.2, 0) is 4.79 Å². The van der Waals surface area contributed by atoms with Crippen LogP contribution in [0.15, 0.2) is 30.3 Å². The van der Waals surface area contributed by atoms with Crippen molar-refractivity contribution in [2.45, 2.75) is 13.0 Å². The normalized spacial score (nSPS) is 12.6. The number of aliphatic hydroxyl groups is 1. The fourth-order valence-corrected chi connectivity index (χ4v) is 1.37. The van der Waals surface area contributed by atoms with E-state index in [1.165, 1.54) is 11.0 Å². The summed E-state index contributed by atoms with van der Waals surface area (Å²) < 4.78 is 0. The average Bonchev–Trinajstić information content (AvgIpc) is 2.27. The maximum Gasteiger partial charge on any atom is 0.246 e. The van der Waals surface area contributed by atoms with Crippen LogP contribution in [0.1, 0.15) is 12.5 Å². The van der Waals surface area contributed by atoms with Crippen LogP contribution in [0.5, 0.6) is 5.75 Å². The van der Waals surface area contributed by atoms with Crippen molar-refractivity contribution in [2.24, 2.45) is 0 Å². The predicted octanol–water partition coefficient (Wildman–Crippen LogP) is 1.24. The van der Waals surface area contributed by atoms with Gasteiger partial charge < -0.3 is 15.1 Å². The topological polar surface area (TPSA) is 60.8 Å². The minimum atomic E-state index is -0.536. The van der Waals surface area contributed by atoms with Gasteiger partial charge in [0.15, 0.2) is 0 Å². The van der Waals surface area contributed by atoms with E-state index in [-0.39, 0.29) is 11.7 Å². The number of carbonyl (C=O) groups excluding carboxylic acids is 1. The van der Waals surface area contributed by atoms with E-state index in [2.05, 4.69) is 0 Å². The van der Waals surface area contributed by atoms with Crippen LogP contribution in [0.3, 0.4) is 0 Å². The zero-order chi connectivity index (χ0) is 12.8. The van der Waals surface area contributed by atoms with Crippen molar-refractivity contribution in [3.05, 3.63) is 35.9 Å². The molecule has 1 rings (SSSR count). The molecule has 0 aliphatic carbocycles. The number of phenolic OH excluding ortho intramolecular Hbond substituents is 1. The molecule has 1 aromatic carbocycles. The Morgan fingerprint density at radius 1 is 1.41 bits per heavy atom. The first-order valence-electron chi connectivity index (χ1n) is 5.39. The molecule has 4 nitrogen and oxygen atoms in total. The summed E-state index contributed by atoms with van der Waals surface area (Å²) in [5, 5.41) is 18.2. The van der Waals surface area contributed by atoms with E-state index in [4.69, 9.17) is 10.2 Å². The second-order valence-corrected chi connectivity index (χ2v) is 3.99. The van der Waals surface area contributed by atoms with Crippen LogP contribution in [0.4, 0.5) is 0 Å². The minimum absolute atomic E-state index is 0.168. The average molecular weight is 235 g/mol. The molecule has 1 amide bonds. The number of nitrogens with zero attached hydrogens (tertiary/aromatic N) is 1. The van der Waals surface area contributed by atoms with Crippen molar-refractivity contribution in [1.82, 2.24) is 4.90 Å². The Balaban J connectivity index is 2.58. The molecular formula is C13H17NO3. The number of amides is 1. The Hall–Kier alpha value is -1.81. The molecule has 92 valence electrons. The van der Waals surface area contributed by atoms with Crippen LogP contribution in [-0.4, -0.2) is 40.7 Å². The molecule has 1 unspecified atom stereocenters. The molecular weight excluding hydrogens is 218 g/mol. The zero-order valence-electron chi connectivity index (χ0n) is 10.00. The van der Waals surface area contributed by atoms with Gasteiger partial charge in [-0.15, -0.1) is 0 Å². The van der Waals surface area contributed by atoms with E-state index >= 15 is 0 Å². The number of carbonyl (C=O) groups is 1. The maximum atomic E-state index is 11.6. The summed E-state index contributed by atoms with van der Waals surface area (Å²) in [6.45, 7) is 1.94. The summed E-state index contributed by atoms with van der Waals surface area (Å²) in [5.74, 6) is 0.0266. The lowest BCUT2D eigenvalue weighted by Crippen LogP contribution is -2.31. The predicted molar refractivity (Wildman–Crippen MR) is 66.5 cm³/mol. The SMILES string of the molecule is CC(O)CN(C)C(=O)C=Cc1ccc(O)cc1. The van der Waals surface area contributed by atoms with Gasteiger partial charge in [0.2, 0.25) is 5.91 Å². The number of rotatable bonds is 4. The van der Waals surface area contributed by atoms with Gasteiger partial charge in [-0.3, -0.25) is 4.79 Å². The lowest BCUT2D eigenvalue weighted by atomic mass is 10.2. The molecule has 1 atom stereocenters. The van der Waals surface area contributed by atoms with E-state index in [0.717, 1.165) is 5.56 Å². The summed E-state index contributed by atoms with van der Waals surface area (Å²) in [4.78, 5) is 13.0. The molecule has 0 aliphatic heterocycles. The monoisotopic (exact) mass is 235 g/mol. The van der Waals surface area contributed by atoms with Crippen molar-refractivity contribution < 1.29 is 15.0 Å². The van der Waals surface area contributed by atoms with Crippen molar-refractivity contribution >= 4 is 12.0 Å². The molecule has 0 radical (unpaired) electrons. The highest BCUT2D eigenvalue weighted by Crippen LogP contribution is 2.10. The molecule has 0 spiro atoms. The summed E-state index contributed by atoms with van der Waals surface area (Å²) in [6, 6.07) is 6.55. The molecule has 0 aliphatic rings. The molecule has 0 saturated heterocycles. The third-order valence-electron chi connectivity index (χ3n) is 2.23. The number of hydrogen-bond donors (Lipinski definition) is 2. The van der Waals surface area contributed by atoms with Gasteiger partial charge in [-0.2, -0.15) is 0 Å². The lowest BCUT2D eigenvalue weighted by molar-refractivity contribution is -0.125. The van der Waals surface area contributed by atoms with Gasteiger partial charge in [-0.25, -0.2) is 0 Å². The molecule has 1 aromatic rings. The highest BCUT2D eigenvalue weighted by atomic mass is 16.3. The van der Waals surface area contributed by atoms with Gasteiger partial charge in [0.05, 0.1) is 6.10 Å². The highest BCUT2D eigenvalue weighted by molar-refractivity contribution is 5.91. The van der Waals surface area contributed by atoms with Gasteiger partial charge in [-0.05, 0) is 30.7 Å². The van der Waals surface area contributed by atoms with Crippen LogP contribution >= 0.6 is 0 Å². The number of aromatic hydroxyl groups is 1. The standard InChI is InChI=1S/C13H17NO3/c1-10(15)9-14(2)13(17)8-5-11-3-6-12(16)7-4-11/h3-8,10,15-16H,9H2,1-2H3. The van der Waals surface area contributed by atoms with Gasteiger partial charge in [0.1, 0.15) is 5.75 Å². The number of aliphatic hydroxyl groups excluding tert-OH is 1. The first kappa shape index (κ1) is 13.3. The van der Waals surface area contributed by atoms with Crippen LogP contribution in [0, 0.1) is 0 Å². The maximum absolute atomic E-state index is 11.6. The largest absolute Gasteiger partial charge is 0.508 e. The highest BCUT2D eigenvalue weighted by Gasteiger charge is 2.07. The van der Waals surface area contributed by atoms with Gasteiger partial charge in [-0.1, -0.05) is 12.1 Å². The molecule has 17 heavy (non-hydrogen) atoms. The lowest BCUT2D eigenvalue weighted by Gasteiger charge is -2.16. The quantitative estimate of drug-likeness (QED) is 0.772. The Morgan fingerprint density at radius 3 is 2.53 bits per heavy atom. The number of hydrogen-bond acceptors (Lipinski definition) is 3. The van der Waals surface area contributed by atoms with E-state index in [1.807, 2.05) is 0 Å². The molecule has 0 heterocycles. The Labute approximate surface area is 101 Å². The number of benzene rings is 1. The van der Waals surface area contributed by atoms with E-state index in [0.29, 0.717) is 6.54 Å². The zero-order valence-corrected chi connectivity index (χ0v) is 10.00. The third-order valence-corrected chi connectivity index (χ3v) is 2.23. The third kappa shape index (κ3) is 4.70. The molecule has 0 saturated carbocycles. The summed E-state index contributed by atoms with van der Waals surface area (Å²) in [5.41, 5.74) is 0.835. The molecule has 2 N–H and O–H groups in total. The summed E-state index contributed by atoms with van der Waals surface area (Å²) in [7, 11) is 1.64. The first-order chi connectivity index (χ1) is 7.99. The fraction of sp³-hybridized carbons (Fsp3) is 0.308. The van der Waals surface area contributed by atoms with Crippen molar-refractivity contribution in [1.29, 1.82) is 0 Å². The van der Waals surface area contributed by atoms with Crippen molar-refractivity contribution in [3.8, 4) is 5.75 Å². The van der Waals surface area contributed by atoms with Crippen LogP contribution < -0.4 is 0 Å². The second kappa shape index (κ2) is 6.06. The molecule has 0 aromatic heterocycles. The van der Waals surface area contributed by atoms with Crippen molar-refractivity contribution in [3.63, 3.8) is 0 Å². The Bertz CT molecular complexity index is 396. The van der Waals surface area contributed by atoms with Crippen LogP contribution in [0.2, 0.25) is 0 Å². The Kier molecular flexibility index (Phi) is 4.72. The van der Waals surface area contributed by atoms with E-state index in [9.17, 15) is 4.79 Å².